The first kappa shape index (κ1) is 19.7. The minimum Gasteiger partial charge on any atom is -0.481 e. The maximum atomic E-state index is 11.7. The van der Waals surface area contributed by atoms with Crippen LogP contribution in [0.15, 0.2) is 0 Å². The summed E-state index contributed by atoms with van der Waals surface area (Å²) in [7, 11) is 0. The minimum absolute atomic E-state index is 0.109. The van der Waals surface area contributed by atoms with Gasteiger partial charge < -0.3 is 15.2 Å². The van der Waals surface area contributed by atoms with Crippen molar-refractivity contribution in [3.63, 3.8) is 0 Å². The maximum Gasteiger partial charge on any atom is 0.407 e. The van der Waals surface area contributed by atoms with Crippen molar-refractivity contribution in [1.82, 2.24) is 5.32 Å². The lowest BCUT2D eigenvalue weighted by Crippen LogP contribution is -2.44. The van der Waals surface area contributed by atoms with E-state index in [9.17, 15) is 14.7 Å². The van der Waals surface area contributed by atoms with Crippen molar-refractivity contribution in [1.29, 1.82) is 0 Å². The molecule has 1 atom stereocenters. The number of hydrogen-bond donors (Lipinski definition) is 2. The number of carbonyl (C=O) groups excluding carboxylic acids is 1. The molecule has 1 unspecified atom stereocenters. The number of amides is 1. The molecule has 0 heterocycles. The van der Waals surface area contributed by atoms with Crippen molar-refractivity contribution < 1.29 is 19.4 Å². The van der Waals surface area contributed by atoms with Gasteiger partial charge >= 0.3 is 12.1 Å². The second kappa shape index (κ2) is 8.25. The molecule has 21 heavy (non-hydrogen) atoms. The highest BCUT2D eigenvalue weighted by molar-refractivity contribution is 5.76. The molecule has 0 fully saturated rings. The van der Waals surface area contributed by atoms with Gasteiger partial charge in [0.05, 0.1) is 5.41 Å². The van der Waals surface area contributed by atoms with Gasteiger partial charge in [-0.25, -0.2) is 4.79 Å². The zero-order valence-electron chi connectivity index (χ0n) is 14.3. The first-order valence-electron chi connectivity index (χ1n) is 7.72. The summed E-state index contributed by atoms with van der Waals surface area (Å²) in [6.45, 7) is 11.5. The third-order valence-electron chi connectivity index (χ3n) is 3.35. The molecule has 124 valence electrons. The van der Waals surface area contributed by atoms with Crippen molar-refractivity contribution in [2.24, 2.45) is 11.3 Å². The second-order valence-corrected chi connectivity index (χ2v) is 7.12. The summed E-state index contributed by atoms with van der Waals surface area (Å²) in [4.78, 5) is 23.5. The van der Waals surface area contributed by atoms with Gasteiger partial charge in [-0.3, -0.25) is 4.79 Å². The molecule has 5 heteroatoms. The van der Waals surface area contributed by atoms with E-state index in [1.807, 2.05) is 6.92 Å². The first-order chi connectivity index (χ1) is 9.52. The van der Waals surface area contributed by atoms with Crippen LogP contribution in [0.5, 0.6) is 0 Å². The van der Waals surface area contributed by atoms with Gasteiger partial charge in [-0.2, -0.15) is 0 Å². The van der Waals surface area contributed by atoms with Gasteiger partial charge in [0, 0.05) is 6.54 Å². The number of aliphatic carboxylic acids is 1. The van der Waals surface area contributed by atoms with E-state index in [1.54, 1.807) is 20.8 Å². The van der Waals surface area contributed by atoms with Crippen molar-refractivity contribution >= 4 is 12.1 Å². The van der Waals surface area contributed by atoms with Crippen molar-refractivity contribution in [3.05, 3.63) is 0 Å². The Hall–Kier alpha value is -1.26. The maximum absolute atomic E-state index is 11.7. The Balaban J connectivity index is 4.80. The molecule has 0 rings (SSSR count). The Morgan fingerprint density at radius 3 is 2.14 bits per heavy atom. The van der Waals surface area contributed by atoms with E-state index in [0.717, 1.165) is 12.8 Å². The fraction of sp³-hybridized carbons (Fsp3) is 0.875. The SMILES string of the molecule is CCCC(CCC(C)C)(CNC(=O)OC(C)(C)C)C(=O)O. The molecule has 0 bridgehead atoms. The van der Waals surface area contributed by atoms with Crippen LogP contribution in [-0.4, -0.2) is 29.3 Å². The minimum atomic E-state index is -0.907. The van der Waals surface area contributed by atoms with Gasteiger partial charge in [-0.1, -0.05) is 27.2 Å². The Bertz CT molecular complexity index is 347. The van der Waals surface area contributed by atoms with Crippen molar-refractivity contribution in [3.8, 4) is 0 Å². The van der Waals surface area contributed by atoms with Crippen LogP contribution in [0.2, 0.25) is 0 Å². The fourth-order valence-electron chi connectivity index (χ4n) is 2.19. The number of alkyl carbamates (subject to hydrolysis) is 1. The molecule has 1 amide bonds. The number of carboxylic acids is 1. The molecular formula is C16H31NO4. The largest absolute Gasteiger partial charge is 0.481 e. The van der Waals surface area contributed by atoms with Crippen LogP contribution in [0, 0.1) is 11.3 Å². The molecule has 2 N–H and O–H groups in total. The summed E-state index contributed by atoms with van der Waals surface area (Å²) >= 11 is 0. The summed E-state index contributed by atoms with van der Waals surface area (Å²) in [6, 6.07) is 0. The lowest BCUT2D eigenvalue weighted by molar-refractivity contribution is -0.149. The average Bonchev–Trinajstić information content (AvgIpc) is 2.30. The van der Waals surface area contributed by atoms with E-state index in [1.165, 1.54) is 0 Å². The molecule has 5 nitrogen and oxygen atoms in total. The summed E-state index contributed by atoms with van der Waals surface area (Å²) in [5.74, 6) is -0.414. The van der Waals surface area contributed by atoms with Gasteiger partial charge in [0.25, 0.3) is 0 Å². The third kappa shape index (κ3) is 7.93. The highest BCUT2D eigenvalue weighted by Crippen LogP contribution is 2.31. The number of nitrogens with one attached hydrogen (secondary N) is 1. The van der Waals surface area contributed by atoms with Crippen LogP contribution in [0.4, 0.5) is 4.79 Å². The van der Waals surface area contributed by atoms with Gasteiger partial charge in [0.2, 0.25) is 0 Å². The third-order valence-corrected chi connectivity index (χ3v) is 3.35. The molecule has 0 aromatic rings. The van der Waals surface area contributed by atoms with Gasteiger partial charge in [0.15, 0.2) is 0 Å². The number of carboxylic acid groups (broad SMARTS) is 1. The highest BCUT2D eigenvalue weighted by atomic mass is 16.6. The van der Waals surface area contributed by atoms with E-state index in [-0.39, 0.29) is 6.54 Å². The molecule has 0 saturated heterocycles. The van der Waals surface area contributed by atoms with Crippen LogP contribution in [0.25, 0.3) is 0 Å². The molecule has 0 aliphatic heterocycles. The van der Waals surface area contributed by atoms with Crippen LogP contribution in [-0.2, 0) is 9.53 Å². The van der Waals surface area contributed by atoms with Crippen LogP contribution in [0.3, 0.4) is 0 Å². The molecule has 0 aliphatic carbocycles. The summed E-state index contributed by atoms with van der Waals surface area (Å²) in [6.07, 6.45) is 2.13. The zero-order valence-corrected chi connectivity index (χ0v) is 14.3. The number of rotatable bonds is 8. The Labute approximate surface area is 128 Å². The number of hydrogen-bond acceptors (Lipinski definition) is 3. The normalized spacial score (nSPS) is 14.6. The predicted octanol–water partition coefficient (Wildman–Crippen LogP) is 3.82. The quantitative estimate of drug-likeness (QED) is 0.714. The van der Waals surface area contributed by atoms with Crippen LogP contribution >= 0.6 is 0 Å². The van der Waals surface area contributed by atoms with Gasteiger partial charge in [-0.15, -0.1) is 0 Å². The number of carbonyl (C=O) groups is 2. The van der Waals surface area contributed by atoms with Gasteiger partial charge in [0.1, 0.15) is 5.60 Å². The monoisotopic (exact) mass is 301 g/mol. The summed E-state index contributed by atoms with van der Waals surface area (Å²) in [5, 5.41) is 12.2. The average molecular weight is 301 g/mol. The summed E-state index contributed by atoms with van der Waals surface area (Å²) in [5.41, 5.74) is -1.49. The fourth-order valence-corrected chi connectivity index (χ4v) is 2.19. The molecular weight excluding hydrogens is 270 g/mol. The molecule has 0 aliphatic rings. The van der Waals surface area contributed by atoms with E-state index >= 15 is 0 Å². The van der Waals surface area contributed by atoms with Crippen LogP contribution in [0.1, 0.15) is 67.2 Å². The van der Waals surface area contributed by atoms with E-state index in [4.69, 9.17) is 4.74 Å². The van der Waals surface area contributed by atoms with E-state index < -0.39 is 23.1 Å². The topological polar surface area (TPSA) is 75.6 Å². The smallest absolute Gasteiger partial charge is 0.407 e. The Kier molecular flexibility index (Phi) is 7.75. The lowest BCUT2D eigenvalue weighted by Gasteiger charge is -2.30. The van der Waals surface area contributed by atoms with E-state index in [0.29, 0.717) is 18.8 Å². The lowest BCUT2D eigenvalue weighted by atomic mass is 9.77. The predicted molar refractivity (Wildman–Crippen MR) is 83.3 cm³/mol. The molecule has 0 saturated carbocycles. The van der Waals surface area contributed by atoms with E-state index in [2.05, 4.69) is 19.2 Å². The molecule has 0 aromatic heterocycles. The molecule has 0 spiro atoms. The Morgan fingerprint density at radius 2 is 1.76 bits per heavy atom. The standard InChI is InChI=1S/C16H31NO4/c1-7-9-16(13(18)19,10-8-12(2)3)11-17-14(20)21-15(4,5)6/h12H,7-11H2,1-6H3,(H,17,20)(H,18,19). The first-order valence-corrected chi connectivity index (χ1v) is 7.72. The molecule has 0 radical (unpaired) electrons. The molecule has 0 aromatic carbocycles. The van der Waals surface area contributed by atoms with Crippen molar-refractivity contribution in [2.75, 3.05) is 6.54 Å². The second-order valence-electron chi connectivity index (χ2n) is 7.12. The highest BCUT2D eigenvalue weighted by Gasteiger charge is 2.38. The summed E-state index contributed by atoms with van der Waals surface area (Å²) < 4.78 is 5.17. The number of ether oxygens (including phenoxy) is 1. The van der Waals surface area contributed by atoms with Crippen LogP contribution < -0.4 is 5.32 Å². The Morgan fingerprint density at radius 1 is 1.19 bits per heavy atom. The van der Waals surface area contributed by atoms with Crippen molar-refractivity contribution in [2.45, 2.75) is 72.8 Å². The van der Waals surface area contributed by atoms with Gasteiger partial charge in [-0.05, 0) is 46.0 Å². The zero-order chi connectivity index (χ0) is 16.7.